The van der Waals surface area contributed by atoms with Crippen molar-refractivity contribution in [3.05, 3.63) is 40.8 Å². The van der Waals surface area contributed by atoms with E-state index >= 15 is 0 Å². The van der Waals surface area contributed by atoms with Crippen molar-refractivity contribution in [2.75, 3.05) is 13.2 Å². The molecule has 1 rings (SSSR count). The Morgan fingerprint density at radius 3 is 2.20 bits per heavy atom. The predicted molar refractivity (Wildman–Crippen MR) is 84.2 cm³/mol. The van der Waals surface area contributed by atoms with Crippen molar-refractivity contribution in [1.82, 2.24) is 5.01 Å². The van der Waals surface area contributed by atoms with Gasteiger partial charge >= 0.3 is 5.97 Å². The Labute approximate surface area is 142 Å². The molecule has 0 amide bonds. The molecular formula is C15H20N2O8. The summed E-state index contributed by atoms with van der Waals surface area (Å²) in [6, 6.07) is 6.88. The van der Waals surface area contributed by atoms with Crippen LogP contribution in [-0.4, -0.2) is 79.8 Å². The summed E-state index contributed by atoms with van der Waals surface area (Å²) in [4.78, 5) is 34.3. The Balaban J connectivity index is 2.84. The van der Waals surface area contributed by atoms with Crippen LogP contribution in [0, 0.1) is 4.91 Å². The fourth-order valence-corrected chi connectivity index (χ4v) is 2.12. The summed E-state index contributed by atoms with van der Waals surface area (Å²) >= 11 is 0. The number of benzene rings is 1. The molecule has 5 N–H and O–H groups in total. The van der Waals surface area contributed by atoms with Gasteiger partial charge in [0.15, 0.2) is 11.8 Å². The summed E-state index contributed by atoms with van der Waals surface area (Å²) in [6.45, 7) is -1.78. The zero-order valence-electron chi connectivity index (χ0n) is 13.2. The summed E-state index contributed by atoms with van der Waals surface area (Å²) in [6.07, 6.45) is -5.98. The van der Waals surface area contributed by atoms with Crippen molar-refractivity contribution < 1.29 is 35.1 Å². The molecule has 0 saturated carbocycles. The van der Waals surface area contributed by atoms with E-state index in [0.29, 0.717) is 10.6 Å². The van der Waals surface area contributed by atoms with E-state index in [-0.39, 0.29) is 6.42 Å². The summed E-state index contributed by atoms with van der Waals surface area (Å²) in [5, 5.41) is 49.3. The van der Waals surface area contributed by atoms with Gasteiger partial charge in [-0.15, -0.1) is 4.91 Å². The highest BCUT2D eigenvalue weighted by atomic mass is 16.4. The molecule has 0 aliphatic carbocycles. The average Bonchev–Trinajstić information content (AvgIpc) is 2.62. The molecular weight excluding hydrogens is 336 g/mol. The molecule has 0 bridgehead atoms. The maximum atomic E-state index is 11.9. The molecule has 0 fully saturated rings. The lowest BCUT2D eigenvalue weighted by molar-refractivity contribution is -0.147. The van der Waals surface area contributed by atoms with Crippen molar-refractivity contribution >= 4 is 11.8 Å². The van der Waals surface area contributed by atoms with Crippen LogP contribution in [0.15, 0.2) is 35.6 Å². The van der Waals surface area contributed by atoms with Gasteiger partial charge in [-0.05, 0) is 5.56 Å². The van der Waals surface area contributed by atoms with Crippen molar-refractivity contribution in [1.29, 1.82) is 0 Å². The highest BCUT2D eigenvalue weighted by Crippen LogP contribution is 2.12. The molecule has 10 nitrogen and oxygen atoms in total. The van der Waals surface area contributed by atoms with Crippen molar-refractivity contribution in [2.45, 2.75) is 30.8 Å². The van der Waals surface area contributed by atoms with Gasteiger partial charge in [0.2, 0.25) is 0 Å². The summed E-state index contributed by atoms with van der Waals surface area (Å²) in [7, 11) is 0. The average molecular weight is 356 g/mol. The molecule has 0 aliphatic rings. The fourth-order valence-electron chi connectivity index (χ4n) is 2.12. The molecule has 4 atom stereocenters. The molecule has 10 heteroatoms. The molecule has 0 unspecified atom stereocenters. The van der Waals surface area contributed by atoms with Gasteiger partial charge in [0.25, 0.3) is 0 Å². The maximum Gasteiger partial charge on any atom is 0.328 e. The van der Waals surface area contributed by atoms with Crippen LogP contribution in [0.1, 0.15) is 5.56 Å². The van der Waals surface area contributed by atoms with E-state index in [9.17, 15) is 34.9 Å². The van der Waals surface area contributed by atoms with E-state index in [1.54, 1.807) is 30.3 Å². The van der Waals surface area contributed by atoms with Gasteiger partial charge in [0.05, 0.1) is 11.9 Å². The zero-order valence-corrected chi connectivity index (χ0v) is 13.2. The second-order valence-corrected chi connectivity index (χ2v) is 5.37. The monoisotopic (exact) mass is 356 g/mol. The number of ketones is 1. The Hall–Kier alpha value is -2.40. The lowest BCUT2D eigenvalue weighted by Crippen LogP contribution is -2.49. The van der Waals surface area contributed by atoms with Crippen LogP contribution in [0.25, 0.3) is 0 Å². The normalized spacial score (nSPS) is 15.7. The highest BCUT2D eigenvalue weighted by molar-refractivity contribution is 5.86. The molecule has 1 aromatic carbocycles. The maximum absolute atomic E-state index is 11.9. The number of carboxylic acid groups (broad SMARTS) is 1. The van der Waals surface area contributed by atoms with Crippen LogP contribution in [0.3, 0.4) is 0 Å². The number of hydrogen-bond donors (Lipinski definition) is 5. The summed E-state index contributed by atoms with van der Waals surface area (Å²) in [5.41, 5.74) is 0.590. The topological polar surface area (TPSA) is 168 Å². The fraction of sp³-hybridized carbons (Fsp3) is 0.467. The Bertz CT molecular complexity index is 582. The molecule has 138 valence electrons. The number of Topliss-reactive ketones (excluding diaryl/α,β-unsaturated/α-hetero) is 1. The number of rotatable bonds is 11. The first-order valence-electron chi connectivity index (χ1n) is 7.36. The Morgan fingerprint density at radius 2 is 1.72 bits per heavy atom. The number of hydrogen-bond acceptors (Lipinski definition) is 8. The van der Waals surface area contributed by atoms with Crippen LogP contribution < -0.4 is 0 Å². The van der Waals surface area contributed by atoms with Crippen LogP contribution >= 0.6 is 0 Å². The number of aliphatic carboxylic acids is 1. The van der Waals surface area contributed by atoms with Crippen molar-refractivity contribution in [3.63, 3.8) is 0 Å². The first-order chi connectivity index (χ1) is 11.8. The molecule has 0 aromatic heterocycles. The van der Waals surface area contributed by atoms with Gasteiger partial charge in [-0.2, -0.15) is 0 Å². The molecule has 25 heavy (non-hydrogen) atoms. The Morgan fingerprint density at radius 1 is 1.12 bits per heavy atom. The number of nitroso groups, excluding NO2 is 1. The van der Waals surface area contributed by atoms with Gasteiger partial charge in [-0.1, -0.05) is 30.3 Å². The van der Waals surface area contributed by atoms with Crippen LogP contribution in [0.4, 0.5) is 0 Å². The quantitative estimate of drug-likeness (QED) is 0.229. The molecule has 0 spiro atoms. The zero-order chi connectivity index (χ0) is 19.0. The van der Waals surface area contributed by atoms with E-state index in [2.05, 4.69) is 5.29 Å². The number of nitrogens with zero attached hydrogens (tertiary/aromatic N) is 2. The molecule has 0 aliphatic heterocycles. The third kappa shape index (κ3) is 5.87. The van der Waals surface area contributed by atoms with Gasteiger partial charge in [0, 0.05) is 6.42 Å². The van der Waals surface area contributed by atoms with E-state index in [1.165, 1.54) is 0 Å². The molecule has 0 radical (unpaired) electrons. The number of carbonyl (C=O) groups excluding carboxylic acids is 1. The minimum Gasteiger partial charge on any atom is -0.480 e. The highest BCUT2D eigenvalue weighted by Gasteiger charge is 2.34. The second-order valence-electron chi connectivity index (χ2n) is 5.37. The minimum absolute atomic E-state index is 0.118. The van der Waals surface area contributed by atoms with E-state index in [1.807, 2.05) is 0 Å². The van der Waals surface area contributed by atoms with Gasteiger partial charge in [-0.25, -0.2) is 9.80 Å². The smallest absolute Gasteiger partial charge is 0.328 e. The largest absolute Gasteiger partial charge is 0.480 e. The first-order valence-corrected chi connectivity index (χ1v) is 7.36. The number of aliphatic hydroxyl groups excluding tert-OH is 4. The van der Waals surface area contributed by atoms with Crippen LogP contribution in [-0.2, 0) is 16.0 Å². The van der Waals surface area contributed by atoms with Crippen molar-refractivity contribution in [3.8, 4) is 0 Å². The minimum atomic E-state index is -2.11. The second kappa shape index (κ2) is 9.79. The van der Waals surface area contributed by atoms with E-state index in [4.69, 9.17) is 5.11 Å². The van der Waals surface area contributed by atoms with Crippen LogP contribution in [0.5, 0.6) is 0 Å². The SMILES string of the molecule is O=NN(CC(=O)[C@H](O)[C@@H](O)[C@@H](O)CO)[C@H](Cc1ccccc1)C(=O)O. The number of carboxylic acids is 1. The molecule has 1 aromatic rings. The third-order valence-corrected chi connectivity index (χ3v) is 3.57. The van der Waals surface area contributed by atoms with Gasteiger partial charge in [-0.3, -0.25) is 4.79 Å². The molecule has 0 saturated heterocycles. The van der Waals surface area contributed by atoms with Gasteiger partial charge in [0.1, 0.15) is 24.9 Å². The van der Waals surface area contributed by atoms with Crippen molar-refractivity contribution in [2.24, 2.45) is 5.29 Å². The summed E-state index contributed by atoms with van der Waals surface area (Å²) in [5.74, 6) is -2.53. The number of aliphatic hydroxyl groups is 4. The van der Waals surface area contributed by atoms with Gasteiger partial charge < -0.3 is 25.5 Å². The number of carbonyl (C=O) groups is 2. The summed E-state index contributed by atoms with van der Waals surface area (Å²) < 4.78 is 0. The molecule has 0 heterocycles. The predicted octanol–water partition coefficient (Wildman–Crippen LogP) is -1.69. The Kier molecular flexibility index (Phi) is 8.08. The van der Waals surface area contributed by atoms with Crippen LogP contribution in [0.2, 0.25) is 0 Å². The first kappa shape index (κ1) is 20.6. The van der Waals surface area contributed by atoms with E-state index in [0.717, 1.165) is 0 Å². The van der Waals surface area contributed by atoms with E-state index < -0.39 is 49.3 Å². The lowest BCUT2D eigenvalue weighted by atomic mass is 10.0. The lowest BCUT2D eigenvalue weighted by Gasteiger charge is -2.25. The third-order valence-electron chi connectivity index (χ3n) is 3.57. The standard InChI is InChI=1S/C15H20N2O8/c18-8-12(20)14(22)13(21)11(19)7-17(16-25)10(15(23)24)6-9-4-2-1-3-5-9/h1-5,10,12-14,18,20-22H,6-8H2,(H,23,24)/t10-,12+,13+,14+/m1/s1.